The van der Waals surface area contributed by atoms with Crippen LogP contribution < -0.4 is 19.1 Å². The summed E-state index contributed by atoms with van der Waals surface area (Å²) in [4.78, 5) is 29.0. The third-order valence-electron chi connectivity index (χ3n) is 6.25. The van der Waals surface area contributed by atoms with Crippen LogP contribution in [0.1, 0.15) is 49.7 Å². The quantitative estimate of drug-likeness (QED) is 0.268. The average molecular weight is 506 g/mol. The molecule has 0 spiro atoms. The van der Waals surface area contributed by atoms with Crippen molar-refractivity contribution >= 4 is 34.5 Å². The van der Waals surface area contributed by atoms with Crippen LogP contribution in [-0.2, 0) is 15.0 Å². The summed E-state index contributed by atoms with van der Waals surface area (Å²) >= 11 is 1.41. The fourth-order valence-corrected chi connectivity index (χ4v) is 5.37. The lowest BCUT2D eigenvalue weighted by Gasteiger charge is -2.25. The minimum absolute atomic E-state index is 0.0455. The van der Waals surface area contributed by atoms with Gasteiger partial charge >= 0.3 is 0 Å². The van der Waals surface area contributed by atoms with Gasteiger partial charge in [0.25, 0.3) is 11.7 Å². The number of aliphatic hydroxyl groups excluding tert-OH is 1. The summed E-state index contributed by atoms with van der Waals surface area (Å²) in [6.45, 7) is 8.68. The van der Waals surface area contributed by atoms with E-state index in [9.17, 15) is 14.7 Å². The lowest BCUT2D eigenvalue weighted by molar-refractivity contribution is -0.132. The van der Waals surface area contributed by atoms with Crippen molar-refractivity contribution in [2.24, 2.45) is 0 Å². The molecule has 0 radical (unpaired) electrons. The van der Waals surface area contributed by atoms with Gasteiger partial charge in [0.2, 0.25) is 6.79 Å². The minimum Gasteiger partial charge on any atom is -0.507 e. The fourth-order valence-electron chi connectivity index (χ4n) is 4.55. The number of fused-ring (bicyclic) bond motifs is 1. The van der Waals surface area contributed by atoms with Crippen LogP contribution in [0.4, 0.5) is 5.69 Å². The Kier molecular flexibility index (Phi) is 6.00. The van der Waals surface area contributed by atoms with Crippen LogP contribution in [-0.4, -0.2) is 30.2 Å². The number of anilines is 1. The summed E-state index contributed by atoms with van der Waals surface area (Å²) < 4.78 is 16.7. The molecule has 2 aromatic carbocycles. The molecule has 3 aromatic rings. The van der Waals surface area contributed by atoms with Crippen LogP contribution in [0.3, 0.4) is 0 Å². The molecule has 1 atom stereocenters. The number of rotatable bonds is 5. The Morgan fingerprint density at radius 1 is 1.11 bits per heavy atom. The number of hydrogen-bond donors (Lipinski definition) is 1. The van der Waals surface area contributed by atoms with Gasteiger partial charge in [-0.15, -0.1) is 11.3 Å². The molecule has 36 heavy (non-hydrogen) atoms. The van der Waals surface area contributed by atoms with Crippen LogP contribution in [0.5, 0.6) is 17.2 Å². The van der Waals surface area contributed by atoms with E-state index in [1.54, 1.807) is 30.3 Å². The third-order valence-corrected chi connectivity index (χ3v) is 7.18. The van der Waals surface area contributed by atoms with Gasteiger partial charge < -0.3 is 19.3 Å². The van der Waals surface area contributed by atoms with Crippen molar-refractivity contribution < 1.29 is 28.9 Å². The van der Waals surface area contributed by atoms with E-state index in [4.69, 9.17) is 14.2 Å². The first kappa shape index (κ1) is 23.9. The SMILES string of the molecule is CCOc1ccc(/C(O)=C2/C(=O)C(=O)N(c3ccc4c(c3)OCO4)C2c2cccs2)cc1C(C)(C)C. The summed E-state index contributed by atoms with van der Waals surface area (Å²) in [7, 11) is 0. The lowest BCUT2D eigenvalue weighted by atomic mass is 9.84. The normalized spacial score (nSPS) is 18.7. The minimum atomic E-state index is -0.782. The Bertz CT molecular complexity index is 1370. The van der Waals surface area contributed by atoms with Crippen LogP contribution in [0.2, 0.25) is 0 Å². The summed E-state index contributed by atoms with van der Waals surface area (Å²) in [5.74, 6) is 0.124. The van der Waals surface area contributed by atoms with Gasteiger partial charge in [-0.1, -0.05) is 26.8 Å². The second kappa shape index (κ2) is 9.02. The Morgan fingerprint density at radius 2 is 1.89 bits per heavy atom. The Labute approximate surface area is 213 Å². The standard InChI is InChI=1S/C28H27NO6S/c1-5-33-19-10-8-16(13-18(19)28(2,3)4)25(30)23-24(22-7-6-12-36-22)29(27(32)26(23)31)17-9-11-20-21(14-17)35-15-34-20/h6-14,24,30H,5,15H2,1-4H3/b25-23-. The van der Waals surface area contributed by atoms with Gasteiger partial charge in [0.1, 0.15) is 17.6 Å². The second-order valence-electron chi connectivity index (χ2n) is 9.62. The van der Waals surface area contributed by atoms with Gasteiger partial charge in [-0.25, -0.2) is 0 Å². The first-order valence-corrected chi connectivity index (χ1v) is 12.6. The van der Waals surface area contributed by atoms with Crippen LogP contribution >= 0.6 is 11.3 Å². The molecule has 0 bridgehead atoms. The lowest BCUT2D eigenvalue weighted by Crippen LogP contribution is -2.29. The first-order valence-electron chi connectivity index (χ1n) is 11.7. The van der Waals surface area contributed by atoms with E-state index in [1.165, 1.54) is 16.2 Å². The topological polar surface area (TPSA) is 85.3 Å². The molecular formula is C28H27NO6S. The predicted octanol–water partition coefficient (Wildman–Crippen LogP) is 5.80. The fraction of sp³-hybridized carbons (Fsp3) is 0.286. The molecule has 3 heterocycles. The molecule has 5 rings (SSSR count). The Balaban J connectivity index is 1.67. The van der Waals surface area contributed by atoms with Gasteiger partial charge in [-0.05, 0) is 54.1 Å². The average Bonchev–Trinajstić information content (AvgIpc) is 3.58. The van der Waals surface area contributed by atoms with Crippen molar-refractivity contribution in [1.29, 1.82) is 0 Å². The summed E-state index contributed by atoms with van der Waals surface area (Å²) in [5.41, 5.74) is 1.61. The number of Topliss-reactive ketones (excluding diaryl/α,β-unsaturated/α-hetero) is 1. The smallest absolute Gasteiger partial charge is 0.300 e. The summed E-state index contributed by atoms with van der Waals surface area (Å²) in [6, 6.07) is 13.4. The van der Waals surface area contributed by atoms with Crippen molar-refractivity contribution in [3.63, 3.8) is 0 Å². The number of aliphatic hydroxyl groups is 1. The molecule has 2 aliphatic heterocycles. The number of ether oxygens (including phenoxy) is 3. The van der Waals surface area contributed by atoms with Gasteiger partial charge in [0.15, 0.2) is 11.5 Å². The maximum atomic E-state index is 13.4. The van der Waals surface area contributed by atoms with Gasteiger partial charge in [-0.3, -0.25) is 14.5 Å². The number of amides is 1. The molecule has 1 aromatic heterocycles. The summed E-state index contributed by atoms with van der Waals surface area (Å²) in [5, 5.41) is 13.4. The molecule has 2 aliphatic rings. The molecule has 7 nitrogen and oxygen atoms in total. The number of carbonyl (C=O) groups is 2. The van der Waals surface area contributed by atoms with Gasteiger partial charge in [-0.2, -0.15) is 0 Å². The Hall–Kier alpha value is -3.78. The summed E-state index contributed by atoms with van der Waals surface area (Å²) in [6.07, 6.45) is 0. The first-order chi connectivity index (χ1) is 17.2. The number of carbonyl (C=O) groups excluding carboxylic acids is 2. The zero-order chi connectivity index (χ0) is 25.6. The second-order valence-corrected chi connectivity index (χ2v) is 10.6. The van der Waals surface area contributed by atoms with Gasteiger partial charge in [0.05, 0.1) is 12.2 Å². The number of hydrogen-bond acceptors (Lipinski definition) is 7. The van der Waals surface area contributed by atoms with Crippen molar-refractivity contribution in [3.8, 4) is 17.2 Å². The zero-order valence-corrected chi connectivity index (χ0v) is 21.3. The van der Waals surface area contributed by atoms with Crippen molar-refractivity contribution in [3.05, 3.63) is 75.5 Å². The molecule has 1 N–H and O–H groups in total. The van der Waals surface area contributed by atoms with E-state index < -0.39 is 17.7 Å². The molecule has 0 saturated carbocycles. The highest BCUT2D eigenvalue weighted by Crippen LogP contribution is 2.46. The highest BCUT2D eigenvalue weighted by atomic mass is 32.1. The van der Waals surface area contributed by atoms with Crippen LogP contribution in [0.25, 0.3) is 5.76 Å². The maximum Gasteiger partial charge on any atom is 0.300 e. The monoisotopic (exact) mass is 505 g/mol. The van der Waals surface area contributed by atoms with Crippen molar-refractivity contribution in [2.45, 2.75) is 39.2 Å². The van der Waals surface area contributed by atoms with Crippen LogP contribution in [0, 0.1) is 0 Å². The molecule has 1 fully saturated rings. The Morgan fingerprint density at radius 3 is 2.58 bits per heavy atom. The number of ketones is 1. The molecule has 0 aliphatic carbocycles. The molecular weight excluding hydrogens is 478 g/mol. The molecule has 1 amide bonds. The third kappa shape index (κ3) is 4.01. The van der Waals surface area contributed by atoms with Crippen molar-refractivity contribution in [1.82, 2.24) is 0 Å². The van der Waals surface area contributed by atoms with E-state index in [0.717, 1.165) is 16.2 Å². The zero-order valence-electron chi connectivity index (χ0n) is 20.5. The van der Waals surface area contributed by atoms with E-state index in [2.05, 4.69) is 20.8 Å². The van der Waals surface area contributed by atoms with Gasteiger partial charge in [0, 0.05) is 27.8 Å². The molecule has 1 unspecified atom stereocenters. The molecule has 8 heteroatoms. The number of thiophene rings is 1. The highest BCUT2D eigenvalue weighted by Gasteiger charge is 2.47. The van der Waals surface area contributed by atoms with E-state index >= 15 is 0 Å². The predicted molar refractivity (Wildman–Crippen MR) is 138 cm³/mol. The highest BCUT2D eigenvalue weighted by molar-refractivity contribution is 7.10. The molecule has 186 valence electrons. The van der Waals surface area contributed by atoms with Crippen LogP contribution in [0.15, 0.2) is 59.5 Å². The maximum absolute atomic E-state index is 13.4. The molecule has 1 saturated heterocycles. The number of nitrogens with zero attached hydrogens (tertiary/aromatic N) is 1. The number of benzene rings is 2. The van der Waals surface area contributed by atoms with E-state index in [0.29, 0.717) is 29.4 Å². The van der Waals surface area contributed by atoms with E-state index in [1.807, 2.05) is 30.5 Å². The van der Waals surface area contributed by atoms with Crippen molar-refractivity contribution in [2.75, 3.05) is 18.3 Å². The van der Waals surface area contributed by atoms with E-state index in [-0.39, 0.29) is 23.5 Å². The largest absolute Gasteiger partial charge is 0.507 e.